The smallest absolute Gasteiger partial charge is 0.326 e. The van der Waals surface area contributed by atoms with Crippen molar-refractivity contribution in [1.82, 2.24) is 9.88 Å². The van der Waals surface area contributed by atoms with E-state index in [0.717, 1.165) is 16.3 Å². The fourth-order valence-corrected chi connectivity index (χ4v) is 3.53. The summed E-state index contributed by atoms with van der Waals surface area (Å²) in [4.78, 5) is 29.9. The molecule has 2 heterocycles. The minimum absolute atomic E-state index is 0.257. The van der Waals surface area contributed by atoms with Crippen LogP contribution in [-0.2, 0) is 4.79 Å². The van der Waals surface area contributed by atoms with E-state index in [0.29, 0.717) is 24.3 Å². The molecule has 1 aromatic heterocycles. The van der Waals surface area contributed by atoms with Crippen LogP contribution in [0.5, 0.6) is 5.75 Å². The summed E-state index contributed by atoms with van der Waals surface area (Å²) in [5.41, 5.74) is 0.894. The van der Waals surface area contributed by atoms with Crippen molar-refractivity contribution < 1.29 is 19.4 Å². The van der Waals surface area contributed by atoms with Gasteiger partial charge in [0.15, 0.2) is 0 Å². The zero-order chi connectivity index (χ0) is 16.4. The van der Waals surface area contributed by atoms with E-state index in [2.05, 4.69) is 4.98 Å². The number of carbonyl (C=O) groups excluding carboxylic acids is 1. The Bertz CT molecular complexity index is 726. The lowest BCUT2D eigenvalue weighted by Crippen LogP contribution is -2.40. The first-order valence-corrected chi connectivity index (χ1v) is 8.06. The molecule has 3 rings (SSSR count). The van der Waals surface area contributed by atoms with Gasteiger partial charge in [-0.2, -0.15) is 0 Å². The number of hydrogen-bond donors (Lipinski definition) is 1. The summed E-state index contributed by atoms with van der Waals surface area (Å²) in [6.07, 6.45) is 2.74. The number of hydrogen-bond acceptors (Lipinski definition) is 5. The summed E-state index contributed by atoms with van der Waals surface area (Å²) in [7, 11) is 1.60. The predicted molar refractivity (Wildman–Crippen MR) is 85.8 cm³/mol. The molecule has 0 radical (unpaired) electrons. The summed E-state index contributed by atoms with van der Waals surface area (Å²) in [6.45, 7) is 0.478. The number of aliphatic carboxylic acids is 1. The van der Waals surface area contributed by atoms with Crippen LogP contribution in [0.3, 0.4) is 0 Å². The molecular formula is C16H16N2O4S. The summed E-state index contributed by atoms with van der Waals surface area (Å²) in [5, 5.41) is 9.92. The lowest BCUT2D eigenvalue weighted by molar-refractivity contribution is -0.141. The van der Waals surface area contributed by atoms with Gasteiger partial charge >= 0.3 is 5.97 Å². The minimum Gasteiger partial charge on any atom is -0.497 e. The first-order valence-electron chi connectivity index (χ1n) is 7.24. The average molecular weight is 332 g/mol. The van der Waals surface area contributed by atoms with Crippen LogP contribution in [0.4, 0.5) is 0 Å². The molecule has 0 unspecified atom stereocenters. The molecule has 1 N–H and O–H groups in total. The number of rotatable bonds is 4. The van der Waals surface area contributed by atoms with E-state index in [4.69, 9.17) is 4.74 Å². The number of thiazole rings is 1. The number of benzene rings is 1. The van der Waals surface area contributed by atoms with Gasteiger partial charge in [0, 0.05) is 12.1 Å². The van der Waals surface area contributed by atoms with E-state index in [1.165, 1.54) is 22.4 Å². The Hall–Kier alpha value is -2.41. The fourth-order valence-electron chi connectivity index (χ4n) is 2.65. The topological polar surface area (TPSA) is 79.7 Å². The molecule has 0 spiro atoms. The monoisotopic (exact) mass is 332 g/mol. The maximum atomic E-state index is 12.5. The quantitative estimate of drug-likeness (QED) is 0.930. The molecule has 2 aromatic rings. The van der Waals surface area contributed by atoms with E-state index in [1.807, 2.05) is 24.3 Å². The van der Waals surface area contributed by atoms with Crippen molar-refractivity contribution in [3.05, 3.63) is 35.3 Å². The molecule has 1 amide bonds. The number of nitrogens with zero attached hydrogens (tertiary/aromatic N) is 2. The Morgan fingerprint density at radius 1 is 1.35 bits per heavy atom. The fraction of sp³-hybridized carbons (Fsp3) is 0.312. The van der Waals surface area contributed by atoms with Crippen molar-refractivity contribution in [3.8, 4) is 16.3 Å². The van der Waals surface area contributed by atoms with Gasteiger partial charge in [-0.05, 0) is 37.1 Å². The highest BCUT2D eigenvalue weighted by molar-refractivity contribution is 7.16. The van der Waals surface area contributed by atoms with Gasteiger partial charge in [-0.1, -0.05) is 0 Å². The Balaban J connectivity index is 1.80. The van der Waals surface area contributed by atoms with Crippen LogP contribution in [0.15, 0.2) is 30.5 Å². The maximum Gasteiger partial charge on any atom is 0.326 e. The second kappa shape index (κ2) is 6.37. The molecule has 0 saturated carbocycles. The summed E-state index contributed by atoms with van der Waals surface area (Å²) in [6, 6.07) is 6.69. The van der Waals surface area contributed by atoms with Crippen molar-refractivity contribution in [1.29, 1.82) is 0 Å². The second-order valence-electron chi connectivity index (χ2n) is 5.25. The standard InChI is InChI=1S/C16H16N2O4S/c1-22-11-6-4-10(5-7-11)14-17-9-13(23-14)15(19)18-8-2-3-12(18)16(20)21/h4-7,9,12H,2-3,8H2,1H3,(H,20,21)/t12-/m1/s1. The number of carboxylic acids is 1. The van der Waals surface area contributed by atoms with E-state index in [9.17, 15) is 14.7 Å². The number of carbonyl (C=O) groups is 2. The Morgan fingerprint density at radius 2 is 2.09 bits per heavy atom. The maximum absolute atomic E-state index is 12.5. The molecule has 6 nitrogen and oxygen atoms in total. The number of amides is 1. The first kappa shape index (κ1) is 15.5. The molecule has 0 bridgehead atoms. The molecule has 23 heavy (non-hydrogen) atoms. The summed E-state index contributed by atoms with van der Waals surface area (Å²) >= 11 is 1.27. The van der Waals surface area contributed by atoms with Gasteiger partial charge in [-0.15, -0.1) is 11.3 Å². The Morgan fingerprint density at radius 3 is 2.74 bits per heavy atom. The molecule has 120 valence electrons. The van der Waals surface area contributed by atoms with E-state index in [-0.39, 0.29) is 5.91 Å². The molecule has 0 aliphatic carbocycles. The van der Waals surface area contributed by atoms with Crippen LogP contribution >= 0.6 is 11.3 Å². The number of carboxylic acid groups (broad SMARTS) is 1. The molecule has 1 fully saturated rings. The van der Waals surface area contributed by atoms with Crippen molar-refractivity contribution >= 4 is 23.2 Å². The van der Waals surface area contributed by atoms with Gasteiger partial charge < -0.3 is 14.7 Å². The zero-order valence-corrected chi connectivity index (χ0v) is 13.4. The molecule has 7 heteroatoms. The second-order valence-corrected chi connectivity index (χ2v) is 6.28. The number of methoxy groups -OCH3 is 1. The third kappa shape index (κ3) is 3.05. The van der Waals surface area contributed by atoms with Gasteiger partial charge in [-0.25, -0.2) is 9.78 Å². The van der Waals surface area contributed by atoms with Crippen molar-refractivity contribution in [2.75, 3.05) is 13.7 Å². The molecule has 1 atom stereocenters. The zero-order valence-electron chi connectivity index (χ0n) is 12.6. The Labute approximate surface area is 137 Å². The van der Waals surface area contributed by atoms with Crippen LogP contribution in [0.2, 0.25) is 0 Å². The lowest BCUT2D eigenvalue weighted by Gasteiger charge is -2.20. The third-order valence-corrected chi connectivity index (χ3v) is 4.89. The van der Waals surface area contributed by atoms with Gasteiger partial charge in [0.1, 0.15) is 21.7 Å². The molecule has 1 saturated heterocycles. The first-order chi connectivity index (χ1) is 11.1. The highest BCUT2D eigenvalue weighted by Gasteiger charge is 2.35. The van der Waals surface area contributed by atoms with Gasteiger partial charge in [0.2, 0.25) is 0 Å². The highest BCUT2D eigenvalue weighted by Crippen LogP contribution is 2.29. The summed E-state index contributed by atoms with van der Waals surface area (Å²) < 4.78 is 5.12. The highest BCUT2D eigenvalue weighted by atomic mass is 32.1. The number of ether oxygens (including phenoxy) is 1. The van der Waals surface area contributed by atoms with E-state index in [1.54, 1.807) is 7.11 Å². The van der Waals surface area contributed by atoms with Crippen molar-refractivity contribution in [2.45, 2.75) is 18.9 Å². The summed E-state index contributed by atoms with van der Waals surface area (Å²) in [5.74, 6) is -0.453. The van der Waals surface area contributed by atoms with Crippen molar-refractivity contribution in [2.24, 2.45) is 0 Å². The van der Waals surface area contributed by atoms with Gasteiger partial charge in [0.25, 0.3) is 5.91 Å². The number of aromatic nitrogens is 1. The SMILES string of the molecule is COc1ccc(-c2ncc(C(=O)N3CCC[C@@H]3C(=O)O)s2)cc1. The molecular weight excluding hydrogens is 316 g/mol. The number of likely N-dealkylation sites (tertiary alicyclic amines) is 1. The van der Waals surface area contributed by atoms with E-state index >= 15 is 0 Å². The third-order valence-electron chi connectivity index (χ3n) is 3.85. The van der Waals surface area contributed by atoms with Crippen LogP contribution in [0.1, 0.15) is 22.5 Å². The minimum atomic E-state index is -0.948. The van der Waals surface area contributed by atoms with Crippen LogP contribution in [0.25, 0.3) is 10.6 Å². The Kier molecular flexibility index (Phi) is 4.29. The lowest BCUT2D eigenvalue weighted by atomic mass is 10.2. The van der Waals surface area contributed by atoms with Crippen LogP contribution in [-0.4, -0.2) is 46.6 Å². The predicted octanol–water partition coefficient (Wildman–Crippen LogP) is 2.51. The van der Waals surface area contributed by atoms with E-state index < -0.39 is 12.0 Å². The van der Waals surface area contributed by atoms with Crippen molar-refractivity contribution in [3.63, 3.8) is 0 Å². The molecule has 1 aromatic carbocycles. The molecule has 1 aliphatic rings. The normalized spacial score (nSPS) is 17.3. The average Bonchev–Trinajstić information content (AvgIpc) is 3.23. The largest absolute Gasteiger partial charge is 0.497 e. The van der Waals surface area contributed by atoms with Crippen LogP contribution in [0, 0.1) is 0 Å². The van der Waals surface area contributed by atoms with Gasteiger partial charge in [0.05, 0.1) is 13.3 Å². The van der Waals surface area contributed by atoms with Crippen LogP contribution < -0.4 is 4.74 Å². The van der Waals surface area contributed by atoms with Gasteiger partial charge in [-0.3, -0.25) is 4.79 Å². The molecule has 1 aliphatic heterocycles.